The zero-order valence-corrected chi connectivity index (χ0v) is 9.93. The van der Waals surface area contributed by atoms with E-state index in [2.05, 4.69) is 0 Å². The third-order valence-electron chi connectivity index (χ3n) is 4.15. The van der Waals surface area contributed by atoms with Crippen LogP contribution in [0.15, 0.2) is 24.3 Å². The number of ether oxygens (including phenoxy) is 1. The Balaban J connectivity index is 1.90. The highest BCUT2D eigenvalue weighted by atomic mass is 19.1. The van der Waals surface area contributed by atoms with E-state index >= 15 is 0 Å². The lowest BCUT2D eigenvalue weighted by Crippen LogP contribution is -2.42. The van der Waals surface area contributed by atoms with E-state index in [1.807, 2.05) is 0 Å². The Kier molecular flexibility index (Phi) is 2.63. The molecule has 96 valence electrons. The highest BCUT2D eigenvalue weighted by Crippen LogP contribution is 2.49. The molecule has 2 saturated heterocycles. The van der Waals surface area contributed by atoms with Crippen molar-refractivity contribution in [2.75, 3.05) is 0 Å². The number of carboxylic acid groups (broad SMARTS) is 1. The van der Waals surface area contributed by atoms with Gasteiger partial charge < -0.3 is 9.84 Å². The summed E-state index contributed by atoms with van der Waals surface area (Å²) >= 11 is 0. The number of halogens is 1. The maximum absolute atomic E-state index is 13.2. The number of fused-ring (bicyclic) bond motifs is 2. The summed E-state index contributed by atoms with van der Waals surface area (Å²) in [4.78, 5) is 11.6. The van der Waals surface area contributed by atoms with Gasteiger partial charge in [-0.2, -0.15) is 0 Å². The van der Waals surface area contributed by atoms with Gasteiger partial charge in [-0.25, -0.2) is 4.39 Å². The van der Waals surface area contributed by atoms with Gasteiger partial charge in [-0.15, -0.1) is 0 Å². The van der Waals surface area contributed by atoms with Gasteiger partial charge in [0.15, 0.2) is 0 Å². The van der Waals surface area contributed by atoms with E-state index in [4.69, 9.17) is 4.74 Å². The summed E-state index contributed by atoms with van der Waals surface area (Å²) in [6.07, 6.45) is 2.49. The second-order valence-electron chi connectivity index (χ2n) is 5.30. The highest BCUT2D eigenvalue weighted by Gasteiger charge is 2.57. The molecule has 4 heteroatoms. The van der Waals surface area contributed by atoms with E-state index in [1.165, 1.54) is 12.1 Å². The first-order chi connectivity index (χ1) is 8.60. The Labute approximate surface area is 105 Å². The molecule has 2 aliphatic rings. The third kappa shape index (κ3) is 1.72. The number of rotatable bonds is 3. The number of carbonyl (C=O) groups is 1. The number of benzene rings is 1. The maximum Gasteiger partial charge on any atom is 0.312 e. The summed E-state index contributed by atoms with van der Waals surface area (Å²) in [6, 6.07) is 6.18. The van der Waals surface area contributed by atoms with E-state index < -0.39 is 11.4 Å². The van der Waals surface area contributed by atoms with Crippen LogP contribution in [-0.2, 0) is 16.0 Å². The van der Waals surface area contributed by atoms with Crippen molar-refractivity contribution < 1.29 is 19.0 Å². The smallest absolute Gasteiger partial charge is 0.312 e. The standard InChI is InChI=1S/C14H15FO3/c15-10-3-1-2-9(6-10)7-14(13(16)17)8-11-4-5-12(14)18-11/h1-3,6,11-12H,4-5,7-8H2,(H,16,17). The zero-order chi connectivity index (χ0) is 12.8. The zero-order valence-electron chi connectivity index (χ0n) is 9.93. The fourth-order valence-electron chi connectivity index (χ4n) is 3.30. The van der Waals surface area contributed by atoms with Gasteiger partial charge in [0, 0.05) is 0 Å². The molecular formula is C14H15FO3. The summed E-state index contributed by atoms with van der Waals surface area (Å²) in [5, 5.41) is 9.54. The number of aliphatic carboxylic acids is 1. The topological polar surface area (TPSA) is 46.5 Å². The average molecular weight is 250 g/mol. The second kappa shape index (κ2) is 4.05. The number of hydrogen-bond donors (Lipinski definition) is 1. The first kappa shape index (κ1) is 11.7. The summed E-state index contributed by atoms with van der Waals surface area (Å²) < 4.78 is 18.9. The molecule has 2 heterocycles. The van der Waals surface area contributed by atoms with E-state index in [1.54, 1.807) is 12.1 Å². The average Bonchev–Trinajstić information content (AvgIpc) is 2.89. The van der Waals surface area contributed by atoms with Gasteiger partial charge >= 0.3 is 5.97 Å². The van der Waals surface area contributed by atoms with Crippen molar-refractivity contribution in [3.05, 3.63) is 35.6 Å². The minimum Gasteiger partial charge on any atom is -0.481 e. The van der Waals surface area contributed by atoms with Crippen LogP contribution >= 0.6 is 0 Å². The molecule has 2 fully saturated rings. The predicted molar refractivity (Wildman–Crippen MR) is 62.7 cm³/mol. The second-order valence-corrected chi connectivity index (χ2v) is 5.30. The summed E-state index contributed by atoms with van der Waals surface area (Å²) in [6.45, 7) is 0. The van der Waals surface area contributed by atoms with Crippen molar-refractivity contribution in [1.29, 1.82) is 0 Å². The van der Waals surface area contributed by atoms with Crippen LogP contribution < -0.4 is 0 Å². The van der Waals surface area contributed by atoms with Crippen LogP contribution in [0, 0.1) is 11.2 Å². The van der Waals surface area contributed by atoms with E-state index in [0.717, 1.165) is 18.4 Å². The van der Waals surface area contributed by atoms with Crippen molar-refractivity contribution in [1.82, 2.24) is 0 Å². The summed E-state index contributed by atoms with van der Waals surface area (Å²) in [5.41, 5.74) is -0.134. The van der Waals surface area contributed by atoms with E-state index in [0.29, 0.717) is 12.8 Å². The highest BCUT2D eigenvalue weighted by molar-refractivity contribution is 5.76. The third-order valence-corrected chi connectivity index (χ3v) is 4.15. The monoisotopic (exact) mass is 250 g/mol. The minimum atomic E-state index is -0.864. The fraction of sp³-hybridized carbons (Fsp3) is 0.500. The molecule has 0 radical (unpaired) electrons. The molecule has 18 heavy (non-hydrogen) atoms. The van der Waals surface area contributed by atoms with E-state index in [-0.39, 0.29) is 18.0 Å². The van der Waals surface area contributed by atoms with Gasteiger partial charge in [-0.3, -0.25) is 4.79 Å². The van der Waals surface area contributed by atoms with Crippen LogP contribution in [0.5, 0.6) is 0 Å². The van der Waals surface area contributed by atoms with Crippen LogP contribution in [0.25, 0.3) is 0 Å². The molecule has 3 rings (SSSR count). The number of carboxylic acids is 1. The van der Waals surface area contributed by atoms with Gasteiger partial charge in [0.1, 0.15) is 11.2 Å². The molecule has 2 aliphatic heterocycles. The van der Waals surface area contributed by atoms with Gasteiger partial charge in [0.05, 0.1) is 12.2 Å². The van der Waals surface area contributed by atoms with Crippen LogP contribution in [0.1, 0.15) is 24.8 Å². The lowest BCUT2D eigenvalue weighted by molar-refractivity contribution is -0.152. The largest absolute Gasteiger partial charge is 0.481 e. The summed E-state index contributed by atoms with van der Waals surface area (Å²) in [5.74, 6) is -1.14. The Hall–Kier alpha value is -1.42. The Bertz CT molecular complexity index is 488. The van der Waals surface area contributed by atoms with Crippen LogP contribution in [0.4, 0.5) is 4.39 Å². The Morgan fingerprint density at radius 2 is 2.33 bits per heavy atom. The number of hydrogen-bond acceptors (Lipinski definition) is 2. The quantitative estimate of drug-likeness (QED) is 0.896. The van der Waals surface area contributed by atoms with E-state index in [9.17, 15) is 14.3 Å². The van der Waals surface area contributed by atoms with Gasteiger partial charge in [-0.05, 0) is 43.4 Å². The van der Waals surface area contributed by atoms with Crippen molar-refractivity contribution in [2.24, 2.45) is 5.41 Å². The lowest BCUT2D eigenvalue weighted by Gasteiger charge is -2.31. The van der Waals surface area contributed by atoms with Crippen molar-refractivity contribution in [3.63, 3.8) is 0 Å². The van der Waals surface area contributed by atoms with Crippen molar-refractivity contribution >= 4 is 5.97 Å². The molecule has 1 N–H and O–H groups in total. The molecule has 3 unspecified atom stereocenters. The Morgan fingerprint density at radius 3 is 2.89 bits per heavy atom. The summed E-state index contributed by atoms with van der Waals surface area (Å²) in [7, 11) is 0. The van der Waals surface area contributed by atoms with Crippen LogP contribution in [-0.4, -0.2) is 23.3 Å². The lowest BCUT2D eigenvalue weighted by atomic mass is 9.70. The predicted octanol–water partition coefficient (Wildman–Crippen LogP) is 2.39. The molecule has 0 saturated carbocycles. The first-order valence-corrected chi connectivity index (χ1v) is 6.23. The van der Waals surface area contributed by atoms with Gasteiger partial charge in [0.25, 0.3) is 0 Å². The van der Waals surface area contributed by atoms with Crippen molar-refractivity contribution in [2.45, 2.75) is 37.9 Å². The van der Waals surface area contributed by atoms with Crippen molar-refractivity contribution in [3.8, 4) is 0 Å². The normalized spacial score (nSPS) is 33.8. The van der Waals surface area contributed by atoms with Crippen LogP contribution in [0.2, 0.25) is 0 Å². The molecule has 0 aromatic heterocycles. The molecule has 3 atom stereocenters. The molecule has 3 nitrogen and oxygen atoms in total. The molecule has 0 amide bonds. The Morgan fingerprint density at radius 1 is 1.50 bits per heavy atom. The maximum atomic E-state index is 13.2. The SMILES string of the molecule is O=C(O)C1(Cc2cccc(F)c2)CC2CCC1O2. The fourth-order valence-corrected chi connectivity index (χ4v) is 3.30. The molecule has 0 spiro atoms. The minimum absolute atomic E-state index is 0.0691. The molecule has 1 aromatic rings. The molecule has 2 bridgehead atoms. The van der Waals surface area contributed by atoms with Gasteiger partial charge in [-0.1, -0.05) is 12.1 Å². The molecule has 0 aliphatic carbocycles. The molecule has 1 aromatic carbocycles. The van der Waals surface area contributed by atoms with Gasteiger partial charge in [0.2, 0.25) is 0 Å². The van der Waals surface area contributed by atoms with Crippen LogP contribution in [0.3, 0.4) is 0 Å². The molecular weight excluding hydrogens is 235 g/mol. The first-order valence-electron chi connectivity index (χ1n) is 6.23.